The van der Waals surface area contributed by atoms with Gasteiger partial charge in [-0.05, 0) is 44.3 Å². The number of hydrogen-bond acceptors (Lipinski definition) is 2. The molecular weight excluding hydrogens is 148 g/mol. The fourth-order valence-electron chi connectivity index (χ4n) is 1.92. The third-order valence-corrected chi connectivity index (χ3v) is 2.66. The summed E-state index contributed by atoms with van der Waals surface area (Å²) in [5.74, 6) is 1.60. The first-order chi connectivity index (χ1) is 5.72. The van der Waals surface area contributed by atoms with E-state index in [1.165, 1.54) is 32.5 Å². The summed E-state index contributed by atoms with van der Waals surface area (Å²) < 4.78 is 0. The van der Waals surface area contributed by atoms with Crippen LogP contribution in [-0.4, -0.2) is 31.1 Å². The second-order valence-corrected chi connectivity index (χ2v) is 4.37. The Bertz CT molecular complexity index is 115. The Balaban J connectivity index is 2.17. The normalized spacial score (nSPS) is 22.0. The van der Waals surface area contributed by atoms with Crippen molar-refractivity contribution in [1.82, 2.24) is 4.90 Å². The molecule has 0 bridgehead atoms. The summed E-state index contributed by atoms with van der Waals surface area (Å²) in [6.45, 7) is 9.25. The lowest BCUT2D eigenvalue weighted by atomic mass is 9.96. The van der Waals surface area contributed by atoms with Crippen LogP contribution in [-0.2, 0) is 0 Å². The zero-order valence-electron chi connectivity index (χ0n) is 8.42. The van der Waals surface area contributed by atoms with Crippen molar-refractivity contribution in [2.75, 3.05) is 26.2 Å². The van der Waals surface area contributed by atoms with E-state index in [1.807, 2.05) is 0 Å². The molecule has 0 radical (unpaired) electrons. The van der Waals surface area contributed by atoms with Gasteiger partial charge in [0.25, 0.3) is 0 Å². The molecular formula is C10H22N2. The zero-order chi connectivity index (χ0) is 8.97. The van der Waals surface area contributed by atoms with Crippen LogP contribution < -0.4 is 5.73 Å². The van der Waals surface area contributed by atoms with Crippen LogP contribution in [0.15, 0.2) is 0 Å². The van der Waals surface area contributed by atoms with Crippen LogP contribution in [0.3, 0.4) is 0 Å². The van der Waals surface area contributed by atoms with Gasteiger partial charge in [0.05, 0.1) is 0 Å². The summed E-state index contributed by atoms with van der Waals surface area (Å²) >= 11 is 0. The fourth-order valence-corrected chi connectivity index (χ4v) is 1.92. The van der Waals surface area contributed by atoms with E-state index in [-0.39, 0.29) is 0 Å². The molecule has 0 spiro atoms. The molecule has 0 atom stereocenters. The van der Waals surface area contributed by atoms with Crippen LogP contribution in [0, 0.1) is 11.8 Å². The highest BCUT2D eigenvalue weighted by Gasteiger charge is 2.17. The molecule has 1 fully saturated rings. The van der Waals surface area contributed by atoms with Crippen LogP contribution in [0.4, 0.5) is 0 Å². The summed E-state index contributed by atoms with van der Waals surface area (Å²) in [5, 5.41) is 0. The highest BCUT2D eigenvalue weighted by molar-refractivity contribution is 4.73. The Hall–Kier alpha value is -0.0800. The topological polar surface area (TPSA) is 29.3 Å². The number of hydrogen-bond donors (Lipinski definition) is 1. The third-order valence-electron chi connectivity index (χ3n) is 2.66. The van der Waals surface area contributed by atoms with E-state index in [0.717, 1.165) is 18.4 Å². The monoisotopic (exact) mass is 170 g/mol. The first kappa shape index (κ1) is 10.0. The lowest BCUT2D eigenvalue weighted by Gasteiger charge is -2.32. The predicted octanol–water partition coefficient (Wildman–Crippen LogP) is 1.31. The van der Waals surface area contributed by atoms with Gasteiger partial charge < -0.3 is 10.6 Å². The zero-order valence-corrected chi connectivity index (χ0v) is 8.42. The Morgan fingerprint density at radius 1 is 1.33 bits per heavy atom. The van der Waals surface area contributed by atoms with E-state index in [2.05, 4.69) is 18.7 Å². The molecule has 1 rings (SSSR count). The number of nitrogens with two attached hydrogens (primary N) is 1. The molecule has 2 heteroatoms. The van der Waals surface area contributed by atoms with Crippen LogP contribution in [0.1, 0.15) is 26.7 Å². The van der Waals surface area contributed by atoms with Crippen molar-refractivity contribution in [2.24, 2.45) is 17.6 Å². The van der Waals surface area contributed by atoms with Gasteiger partial charge in [0.15, 0.2) is 0 Å². The molecule has 1 heterocycles. The summed E-state index contributed by atoms with van der Waals surface area (Å²) in [4.78, 5) is 2.57. The summed E-state index contributed by atoms with van der Waals surface area (Å²) in [5.41, 5.74) is 5.63. The predicted molar refractivity (Wildman–Crippen MR) is 53.1 cm³/mol. The van der Waals surface area contributed by atoms with Gasteiger partial charge in [0.1, 0.15) is 0 Å². The van der Waals surface area contributed by atoms with E-state index in [9.17, 15) is 0 Å². The van der Waals surface area contributed by atoms with Crippen LogP contribution in [0.5, 0.6) is 0 Å². The van der Waals surface area contributed by atoms with E-state index in [0.29, 0.717) is 0 Å². The number of piperidine rings is 1. The second-order valence-electron chi connectivity index (χ2n) is 4.37. The molecule has 1 saturated heterocycles. The van der Waals surface area contributed by atoms with Crippen LogP contribution in [0.2, 0.25) is 0 Å². The molecule has 0 saturated carbocycles. The minimum Gasteiger partial charge on any atom is -0.330 e. The summed E-state index contributed by atoms with van der Waals surface area (Å²) in [6.07, 6.45) is 2.62. The molecule has 0 aliphatic carbocycles. The average Bonchev–Trinajstić information content (AvgIpc) is 2.05. The summed E-state index contributed by atoms with van der Waals surface area (Å²) in [6, 6.07) is 0. The lowest BCUT2D eigenvalue weighted by molar-refractivity contribution is 0.171. The van der Waals surface area contributed by atoms with Crippen molar-refractivity contribution in [3.63, 3.8) is 0 Å². The quantitative estimate of drug-likeness (QED) is 0.692. The van der Waals surface area contributed by atoms with Gasteiger partial charge in [0, 0.05) is 6.54 Å². The van der Waals surface area contributed by atoms with Crippen molar-refractivity contribution in [3.05, 3.63) is 0 Å². The van der Waals surface area contributed by atoms with Crippen molar-refractivity contribution in [1.29, 1.82) is 0 Å². The van der Waals surface area contributed by atoms with Crippen LogP contribution in [0.25, 0.3) is 0 Å². The highest BCUT2D eigenvalue weighted by Crippen LogP contribution is 2.16. The number of likely N-dealkylation sites (tertiary alicyclic amines) is 1. The largest absolute Gasteiger partial charge is 0.330 e. The van der Waals surface area contributed by atoms with Crippen molar-refractivity contribution in [3.8, 4) is 0 Å². The maximum atomic E-state index is 5.63. The van der Waals surface area contributed by atoms with Gasteiger partial charge in [-0.25, -0.2) is 0 Å². The van der Waals surface area contributed by atoms with E-state index in [1.54, 1.807) is 0 Å². The molecule has 2 nitrogen and oxygen atoms in total. The molecule has 1 aliphatic heterocycles. The molecule has 0 aromatic heterocycles. The molecule has 0 aromatic rings. The number of nitrogens with zero attached hydrogens (tertiary/aromatic N) is 1. The summed E-state index contributed by atoms with van der Waals surface area (Å²) in [7, 11) is 0. The van der Waals surface area contributed by atoms with Gasteiger partial charge in [0.2, 0.25) is 0 Å². The Labute approximate surface area is 76.1 Å². The molecule has 0 aromatic carbocycles. The van der Waals surface area contributed by atoms with Gasteiger partial charge >= 0.3 is 0 Å². The second kappa shape index (κ2) is 4.83. The fraction of sp³-hybridized carbons (Fsp3) is 1.00. The Morgan fingerprint density at radius 3 is 2.33 bits per heavy atom. The minimum atomic E-state index is 0.799. The molecule has 2 N–H and O–H groups in total. The van der Waals surface area contributed by atoms with Gasteiger partial charge in [-0.3, -0.25) is 0 Å². The van der Waals surface area contributed by atoms with Crippen molar-refractivity contribution < 1.29 is 0 Å². The minimum absolute atomic E-state index is 0.799. The molecule has 12 heavy (non-hydrogen) atoms. The number of rotatable bonds is 3. The molecule has 72 valence electrons. The van der Waals surface area contributed by atoms with E-state index < -0.39 is 0 Å². The third kappa shape index (κ3) is 3.11. The molecule has 0 amide bonds. The maximum absolute atomic E-state index is 5.63. The first-order valence-corrected chi connectivity index (χ1v) is 5.14. The lowest BCUT2D eigenvalue weighted by Crippen LogP contribution is -2.37. The maximum Gasteiger partial charge on any atom is 0.000439 e. The van der Waals surface area contributed by atoms with Gasteiger partial charge in [-0.2, -0.15) is 0 Å². The first-order valence-electron chi connectivity index (χ1n) is 5.14. The molecule has 0 unspecified atom stereocenters. The standard InChI is InChI=1S/C10H22N2/c1-9(2)8-12-5-3-10(7-11)4-6-12/h9-10H,3-8,11H2,1-2H3. The van der Waals surface area contributed by atoms with Crippen molar-refractivity contribution in [2.45, 2.75) is 26.7 Å². The van der Waals surface area contributed by atoms with E-state index >= 15 is 0 Å². The van der Waals surface area contributed by atoms with E-state index in [4.69, 9.17) is 5.73 Å². The smallest absolute Gasteiger partial charge is 0.000439 e. The Kier molecular flexibility index (Phi) is 4.02. The average molecular weight is 170 g/mol. The van der Waals surface area contributed by atoms with Gasteiger partial charge in [-0.1, -0.05) is 13.8 Å². The van der Waals surface area contributed by atoms with Gasteiger partial charge in [-0.15, -0.1) is 0 Å². The SMILES string of the molecule is CC(C)CN1CCC(CN)CC1. The molecule has 1 aliphatic rings. The van der Waals surface area contributed by atoms with Crippen LogP contribution >= 0.6 is 0 Å². The highest BCUT2D eigenvalue weighted by atomic mass is 15.1. The Morgan fingerprint density at radius 2 is 1.92 bits per heavy atom. The van der Waals surface area contributed by atoms with Crippen molar-refractivity contribution >= 4 is 0 Å².